The minimum Gasteiger partial charge on any atom is -0.479 e. The second-order valence-electron chi connectivity index (χ2n) is 3.31. The van der Waals surface area contributed by atoms with Crippen LogP contribution in [0, 0.1) is 27.2 Å². The maximum absolute atomic E-state index is 10.7. The van der Waals surface area contributed by atoms with Gasteiger partial charge in [-0.15, -0.1) is 0 Å². The molecule has 96 valence electrons. The Bertz CT molecular complexity index is 526. The minimum atomic E-state index is -1.30. The first-order valence-electron chi connectivity index (χ1n) is 4.61. The molecular formula is C9H8N2O7. The van der Waals surface area contributed by atoms with Gasteiger partial charge in [0.2, 0.25) is 5.75 Å². The van der Waals surface area contributed by atoms with Gasteiger partial charge in [-0.05, 0) is 6.92 Å². The van der Waals surface area contributed by atoms with Crippen LogP contribution in [0.25, 0.3) is 0 Å². The van der Waals surface area contributed by atoms with Gasteiger partial charge in [-0.25, -0.2) is 4.79 Å². The third-order valence-electron chi connectivity index (χ3n) is 1.99. The Labute approximate surface area is 99.9 Å². The Kier molecular flexibility index (Phi) is 3.77. The standard InChI is InChI=1S/C9H8N2O7/c1-5-2-6(10(14)15)3-7(11(16)17)9(5)18-4-8(12)13/h2-3H,4H2,1H3,(H,12,13). The van der Waals surface area contributed by atoms with Crippen LogP contribution in [0.5, 0.6) is 5.75 Å². The maximum Gasteiger partial charge on any atom is 0.341 e. The average Bonchev–Trinajstić information content (AvgIpc) is 2.25. The van der Waals surface area contributed by atoms with Crippen molar-refractivity contribution >= 4 is 17.3 Å². The molecule has 0 atom stereocenters. The molecule has 0 saturated carbocycles. The second-order valence-corrected chi connectivity index (χ2v) is 3.31. The fraction of sp³-hybridized carbons (Fsp3) is 0.222. The van der Waals surface area contributed by atoms with Gasteiger partial charge in [0.25, 0.3) is 5.69 Å². The van der Waals surface area contributed by atoms with Crippen molar-refractivity contribution in [3.63, 3.8) is 0 Å². The Morgan fingerprint density at radius 3 is 2.39 bits per heavy atom. The number of benzene rings is 1. The van der Waals surface area contributed by atoms with Crippen molar-refractivity contribution in [3.8, 4) is 5.75 Å². The number of carboxylic acids is 1. The average molecular weight is 256 g/mol. The molecule has 0 aliphatic rings. The first kappa shape index (κ1) is 13.4. The Morgan fingerprint density at radius 2 is 1.94 bits per heavy atom. The van der Waals surface area contributed by atoms with Gasteiger partial charge in [0.05, 0.1) is 15.9 Å². The van der Waals surface area contributed by atoms with E-state index in [2.05, 4.69) is 0 Å². The van der Waals surface area contributed by atoms with E-state index in [1.807, 2.05) is 0 Å². The Hall–Kier alpha value is -2.71. The number of hydrogen-bond donors (Lipinski definition) is 1. The predicted octanol–water partition coefficient (Wildman–Crippen LogP) is 1.27. The number of aryl methyl sites for hydroxylation is 1. The molecule has 0 unspecified atom stereocenters. The number of ether oxygens (including phenoxy) is 1. The smallest absolute Gasteiger partial charge is 0.341 e. The summed E-state index contributed by atoms with van der Waals surface area (Å²) in [5.41, 5.74) is -0.970. The van der Waals surface area contributed by atoms with Gasteiger partial charge in [0.1, 0.15) is 0 Å². The summed E-state index contributed by atoms with van der Waals surface area (Å²) < 4.78 is 4.76. The summed E-state index contributed by atoms with van der Waals surface area (Å²) in [6.45, 7) is 0.594. The molecule has 9 heteroatoms. The van der Waals surface area contributed by atoms with Crippen LogP contribution in [-0.2, 0) is 4.79 Å². The van der Waals surface area contributed by atoms with Gasteiger partial charge >= 0.3 is 11.7 Å². The second kappa shape index (κ2) is 5.08. The summed E-state index contributed by atoms with van der Waals surface area (Å²) in [5, 5.41) is 29.7. The van der Waals surface area contributed by atoms with E-state index in [0.29, 0.717) is 0 Å². The lowest BCUT2D eigenvalue weighted by atomic mass is 10.1. The van der Waals surface area contributed by atoms with Gasteiger partial charge in [0, 0.05) is 11.6 Å². The lowest BCUT2D eigenvalue weighted by molar-refractivity contribution is -0.394. The molecule has 1 aromatic carbocycles. The number of nitro groups is 2. The van der Waals surface area contributed by atoms with Crippen LogP contribution in [0.4, 0.5) is 11.4 Å². The van der Waals surface area contributed by atoms with Gasteiger partial charge in [-0.2, -0.15) is 0 Å². The van der Waals surface area contributed by atoms with Gasteiger partial charge in [-0.1, -0.05) is 0 Å². The molecule has 1 rings (SSSR count). The first-order valence-corrected chi connectivity index (χ1v) is 4.61. The van der Waals surface area contributed by atoms with Crippen molar-refractivity contribution in [2.45, 2.75) is 6.92 Å². The van der Waals surface area contributed by atoms with Gasteiger partial charge < -0.3 is 9.84 Å². The van der Waals surface area contributed by atoms with E-state index in [0.717, 1.165) is 12.1 Å². The van der Waals surface area contributed by atoms with E-state index in [1.54, 1.807) is 0 Å². The van der Waals surface area contributed by atoms with Crippen LogP contribution >= 0.6 is 0 Å². The first-order chi connectivity index (χ1) is 8.32. The highest BCUT2D eigenvalue weighted by Crippen LogP contribution is 2.34. The van der Waals surface area contributed by atoms with Crippen molar-refractivity contribution in [1.82, 2.24) is 0 Å². The van der Waals surface area contributed by atoms with Crippen molar-refractivity contribution in [3.05, 3.63) is 37.9 Å². The third-order valence-corrected chi connectivity index (χ3v) is 1.99. The predicted molar refractivity (Wildman–Crippen MR) is 57.6 cm³/mol. The third kappa shape index (κ3) is 2.90. The molecule has 0 aromatic heterocycles. The SMILES string of the molecule is Cc1cc([N+](=O)[O-])cc([N+](=O)[O-])c1OCC(=O)O. The van der Waals surface area contributed by atoms with Crippen LogP contribution in [0.3, 0.4) is 0 Å². The van der Waals surface area contributed by atoms with Gasteiger partial charge in [-0.3, -0.25) is 20.2 Å². The molecule has 18 heavy (non-hydrogen) atoms. The highest BCUT2D eigenvalue weighted by atomic mass is 16.6. The summed E-state index contributed by atoms with van der Waals surface area (Å²) in [5.74, 6) is -1.59. The minimum absolute atomic E-state index is 0.122. The molecule has 0 aliphatic carbocycles. The number of carbonyl (C=O) groups is 1. The summed E-state index contributed by atoms with van der Waals surface area (Å²) in [6, 6.07) is 1.80. The van der Waals surface area contributed by atoms with E-state index < -0.39 is 33.8 Å². The number of nitro benzene ring substituents is 2. The molecule has 9 nitrogen and oxygen atoms in total. The molecule has 0 radical (unpaired) electrons. The van der Waals surface area contributed by atoms with E-state index in [1.165, 1.54) is 6.92 Å². The van der Waals surface area contributed by atoms with E-state index >= 15 is 0 Å². The quantitative estimate of drug-likeness (QED) is 0.619. The number of rotatable bonds is 5. The highest BCUT2D eigenvalue weighted by Gasteiger charge is 2.24. The van der Waals surface area contributed by atoms with Crippen LogP contribution in [0.15, 0.2) is 12.1 Å². The van der Waals surface area contributed by atoms with Crippen molar-refractivity contribution in [1.29, 1.82) is 0 Å². The van der Waals surface area contributed by atoms with Gasteiger partial charge in [0.15, 0.2) is 6.61 Å². The van der Waals surface area contributed by atoms with Crippen LogP contribution in [0.2, 0.25) is 0 Å². The van der Waals surface area contributed by atoms with E-state index in [4.69, 9.17) is 9.84 Å². The van der Waals surface area contributed by atoms with Crippen molar-refractivity contribution < 1.29 is 24.5 Å². The maximum atomic E-state index is 10.7. The number of non-ortho nitro benzene ring substituents is 1. The van der Waals surface area contributed by atoms with Crippen molar-refractivity contribution in [2.24, 2.45) is 0 Å². The zero-order valence-corrected chi connectivity index (χ0v) is 9.15. The van der Waals surface area contributed by atoms with Crippen LogP contribution < -0.4 is 4.74 Å². The number of carboxylic acid groups (broad SMARTS) is 1. The Morgan fingerprint density at radius 1 is 1.33 bits per heavy atom. The van der Waals surface area contributed by atoms with Crippen LogP contribution in [-0.4, -0.2) is 27.5 Å². The lowest BCUT2D eigenvalue weighted by Crippen LogP contribution is -2.11. The molecule has 1 N–H and O–H groups in total. The van der Waals surface area contributed by atoms with Crippen molar-refractivity contribution in [2.75, 3.05) is 6.61 Å². The zero-order chi connectivity index (χ0) is 13.9. The summed E-state index contributed by atoms with van der Waals surface area (Å²) in [6.07, 6.45) is 0. The molecular weight excluding hydrogens is 248 g/mol. The fourth-order valence-electron chi connectivity index (χ4n) is 1.30. The lowest BCUT2D eigenvalue weighted by Gasteiger charge is -2.07. The molecule has 0 bridgehead atoms. The number of aliphatic carboxylic acids is 1. The number of hydrogen-bond acceptors (Lipinski definition) is 6. The van der Waals surface area contributed by atoms with E-state index in [9.17, 15) is 25.0 Å². The molecule has 1 aromatic rings. The van der Waals surface area contributed by atoms with E-state index in [-0.39, 0.29) is 11.3 Å². The zero-order valence-electron chi connectivity index (χ0n) is 9.15. The summed E-state index contributed by atoms with van der Waals surface area (Å²) >= 11 is 0. The highest BCUT2D eigenvalue weighted by molar-refractivity contribution is 5.69. The van der Waals surface area contributed by atoms with Crippen LogP contribution in [0.1, 0.15) is 5.56 Å². The topological polar surface area (TPSA) is 133 Å². The molecule has 0 aliphatic heterocycles. The molecule has 0 heterocycles. The largest absolute Gasteiger partial charge is 0.479 e. The molecule has 0 amide bonds. The monoisotopic (exact) mass is 256 g/mol. The normalized spacial score (nSPS) is 9.83. The summed E-state index contributed by atoms with van der Waals surface area (Å²) in [7, 11) is 0. The molecule has 0 fully saturated rings. The Balaban J connectivity index is 3.27. The molecule has 0 spiro atoms. The fourth-order valence-corrected chi connectivity index (χ4v) is 1.30. The molecule has 0 saturated heterocycles. The number of nitrogens with zero attached hydrogens (tertiary/aromatic N) is 2. The summed E-state index contributed by atoms with van der Waals surface area (Å²) in [4.78, 5) is 30.0.